The fourth-order valence-electron chi connectivity index (χ4n) is 3.56. The van der Waals surface area contributed by atoms with Crippen molar-refractivity contribution >= 4 is 17.3 Å². The van der Waals surface area contributed by atoms with Crippen molar-refractivity contribution in [3.05, 3.63) is 89.5 Å². The molecule has 1 heterocycles. The maximum atomic E-state index is 13.4. The lowest BCUT2D eigenvalue weighted by Crippen LogP contribution is -2.43. The van der Waals surface area contributed by atoms with Gasteiger partial charge >= 0.3 is 0 Å². The second kappa shape index (κ2) is 7.77. The lowest BCUT2D eigenvalue weighted by Gasteiger charge is -2.38. The van der Waals surface area contributed by atoms with Crippen LogP contribution in [0, 0.1) is 0 Å². The number of anilines is 2. The van der Waals surface area contributed by atoms with Crippen LogP contribution in [0.2, 0.25) is 0 Å². The number of fused-ring (bicyclic) bond motifs is 1. The Bertz CT molecular complexity index is 965. The zero-order valence-electron chi connectivity index (χ0n) is 16.2. The van der Waals surface area contributed by atoms with Gasteiger partial charge < -0.3 is 10.1 Å². The molecule has 0 saturated heterocycles. The Balaban J connectivity index is 1.77. The van der Waals surface area contributed by atoms with Gasteiger partial charge in [-0.05, 0) is 60.9 Å². The fraction of sp³-hybridized carbons (Fsp3) is 0.208. The predicted octanol–water partition coefficient (Wildman–Crippen LogP) is 5.42. The molecule has 0 aliphatic carbocycles. The molecule has 3 aromatic rings. The number of nitrogens with zero attached hydrogens (tertiary/aromatic N) is 1. The standard InChI is InChI=1S/C24H24N2O2/c1-3-17-9-13-19(14-10-17)26-23(18-11-15-20(16-12-18)28-4-2)25-22-8-6-5-7-21(22)24(26)27/h5-16,23,25H,3-4H2,1-2H3/t23-/m1/s1. The number of rotatable bonds is 5. The molecule has 0 bridgehead atoms. The molecule has 28 heavy (non-hydrogen) atoms. The van der Waals surface area contributed by atoms with Crippen molar-refractivity contribution in [1.29, 1.82) is 0 Å². The van der Waals surface area contributed by atoms with Gasteiger partial charge in [-0.3, -0.25) is 9.69 Å². The first-order chi connectivity index (χ1) is 13.7. The summed E-state index contributed by atoms with van der Waals surface area (Å²) in [6.45, 7) is 4.72. The number of amides is 1. The number of aryl methyl sites for hydroxylation is 1. The summed E-state index contributed by atoms with van der Waals surface area (Å²) in [6, 6.07) is 23.8. The highest BCUT2D eigenvalue weighted by Gasteiger charge is 2.33. The van der Waals surface area contributed by atoms with Gasteiger partial charge in [0.25, 0.3) is 5.91 Å². The molecule has 0 aromatic heterocycles. The number of ether oxygens (including phenoxy) is 1. The summed E-state index contributed by atoms with van der Waals surface area (Å²) >= 11 is 0. The molecule has 4 nitrogen and oxygen atoms in total. The van der Waals surface area contributed by atoms with E-state index in [2.05, 4.69) is 24.4 Å². The van der Waals surface area contributed by atoms with E-state index < -0.39 is 0 Å². The van der Waals surface area contributed by atoms with Gasteiger partial charge in [0.1, 0.15) is 11.9 Å². The smallest absolute Gasteiger partial charge is 0.262 e. The predicted molar refractivity (Wildman–Crippen MR) is 113 cm³/mol. The summed E-state index contributed by atoms with van der Waals surface area (Å²) in [5, 5.41) is 3.54. The Morgan fingerprint density at radius 3 is 2.32 bits per heavy atom. The molecule has 1 aliphatic heterocycles. The van der Waals surface area contributed by atoms with Crippen LogP contribution in [0.25, 0.3) is 0 Å². The molecule has 0 radical (unpaired) electrons. The summed E-state index contributed by atoms with van der Waals surface area (Å²) in [5.41, 5.74) is 4.67. The van der Waals surface area contributed by atoms with Crippen molar-refractivity contribution in [3.63, 3.8) is 0 Å². The molecule has 0 fully saturated rings. The van der Waals surface area contributed by atoms with E-state index >= 15 is 0 Å². The first-order valence-electron chi connectivity index (χ1n) is 9.72. The van der Waals surface area contributed by atoms with E-state index in [1.807, 2.05) is 72.5 Å². The first kappa shape index (κ1) is 18.1. The molecule has 0 spiro atoms. The van der Waals surface area contributed by atoms with Crippen molar-refractivity contribution in [2.75, 3.05) is 16.8 Å². The fourth-order valence-corrected chi connectivity index (χ4v) is 3.56. The normalized spacial score (nSPS) is 15.7. The third-order valence-corrected chi connectivity index (χ3v) is 5.06. The van der Waals surface area contributed by atoms with Gasteiger partial charge in [-0.15, -0.1) is 0 Å². The van der Waals surface area contributed by atoms with E-state index in [-0.39, 0.29) is 12.1 Å². The largest absolute Gasteiger partial charge is 0.494 e. The average molecular weight is 372 g/mol. The topological polar surface area (TPSA) is 41.6 Å². The molecule has 3 aromatic carbocycles. The maximum absolute atomic E-state index is 13.4. The molecule has 1 N–H and O–H groups in total. The monoisotopic (exact) mass is 372 g/mol. The van der Waals surface area contributed by atoms with Gasteiger partial charge in [-0.2, -0.15) is 0 Å². The zero-order valence-corrected chi connectivity index (χ0v) is 16.2. The number of benzene rings is 3. The molecule has 1 atom stereocenters. The van der Waals surface area contributed by atoms with E-state index in [0.29, 0.717) is 12.2 Å². The van der Waals surface area contributed by atoms with Crippen LogP contribution in [0.1, 0.15) is 41.5 Å². The van der Waals surface area contributed by atoms with Crippen LogP contribution in [0.4, 0.5) is 11.4 Å². The van der Waals surface area contributed by atoms with Crippen molar-refractivity contribution < 1.29 is 9.53 Å². The maximum Gasteiger partial charge on any atom is 0.262 e. The second-order valence-electron chi connectivity index (χ2n) is 6.79. The first-order valence-corrected chi connectivity index (χ1v) is 9.72. The summed E-state index contributed by atoms with van der Waals surface area (Å²) in [6.07, 6.45) is 0.683. The van der Waals surface area contributed by atoms with E-state index in [1.54, 1.807) is 0 Å². The van der Waals surface area contributed by atoms with Crippen LogP contribution in [0.5, 0.6) is 5.75 Å². The zero-order chi connectivity index (χ0) is 19.5. The summed E-state index contributed by atoms with van der Waals surface area (Å²) in [5.74, 6) is 0.824. The van der Waals surface area contributed by atoms with Crippen molar-refractivity contribution in [2.45, 2.75) is 26.4 Å². The van der Waals surface area contributed by atoms with Crippen LogP contribution in [-0.2, 0) is 6.42 Å². The third-order valence-electron chi connectivity index (χ3n) is 5.06. The van der Waals surface area contributed by atoms with E-state index in [1.165, 1.54) is 5.56 Å². The molecule has 1 amide bonds. The molecule has 1 aliphatic rings. The van der Waals surface area contributed by atoms with Gasteiger partial charge in [0.05, 0.1) is 12.2 Å². The molecule has 4 heteroatoms. The van der Waals surface area contributed by atoms with Gasteiger partial charge in [0.15, 0.2) is 0 Å². The molecule has 0 saturated carbocycles. The number of carbonyl (C=O) groups excluding carboxylic acids is 1. The Kier molecular flexibility index (Phi) is 5.02. The average Bonchev–Trinajstić information content (AvgIpc) is 2.75. The van der Waals surface area contributed by atoms with Crippen LogP contribution in [0.3, 0.4) is 0 Å². The van der Waals surface area contributed by atoms with E-state index in [0.717, 1.165) is 29.1 Å². The highest BCUT2D eigenvalue weighted by Crippen LogP contribution is 2.37. The van der Waals surface area contributed by atoms with Gasteiger partial charge in [-0.25, -0.2) is 0 Å². The Morgan fingerprint density at radius 1 is 0.929 bits per heavy atom. The number of nitrogens with one attached hydrogen (secondary N) is 1. The number of hydrogen-bond donors (Lipinski definition) is 1. The van der Waals surface area contributed by atoms with Crippen molar-refractivity contribution in [2.24, 2.45) is 0 Å². The summed E-state index contributed by atoms with van der Waals surface area (Å²) < 4.78 is 5.56. The minimum absolute atomic E-state index is 0.00233. The van der Waals surface area contributed by atoms with Crippen LogP contribution >= 0.6 is 0 Å². The number of carbonyl (C=O) groups is 1. The van der Waals surface area contributed by atoms with Gasteiger partial charge in [0, 0.05) is 11.4 Å². The number of hydrogen-bond acceptors (Lipinski definition) is 3. The van der Waals surface area contributed by atoms with Crippen LogP contribution in [-0.4, -0.2) is 12.5 Å². The second-order valence-corrected chi connectivity index (χ2v) is 6.79. The van der Waals surface area contributed by atoms with Crippen LogP contribution < -0.4 is 15.0 Å². The highest BCUT2D eigenvalue weighted by molar-refractivity contribution is 6.12. The highest BCUT2D eigenvalue weighted by atomic mass is 16.5. The number of para-hydroxylation sites is 1. The Morgan fingerprint density at radius 2 is 1.64 bits per heavy atom. The van der Waals surface area contributed by atoms with Crippen molar-refractivity contribution in [1.82, 2.24) is 0 Å². The lowest BCUT2D eigenvalue weighted by atomic mass is 10.0. The SMILES string of the molecule is CCOc1ccc([C@@H]2Nc3ccccc3C(=O)N2c2ccc(CC)cc2)cc1. The molecule has 0 unspecified atom stereocenters. The quantitative estimate of drug-likeness (QED) is 0.650. The van der Waals surface area contributed by atoms with Gasteiger partial charge in [0.2, 0.25) is 0 Å². The van der Waals surface area contributed by atoms with Gasteiger partial charge in [-0.1, -0.05) is 43.3 Å². The molecule has 4 rings (SSSR count). The van der Waals surface area contributed by atoms with E-state index in [4.69, 9.17) is 4.74 Å². The molecular weight excluding hydrogens is 348 g/mol. The molecular formula is C24H24N2O2. The minimum atomic E-state index is -0.287. The summed E-state index contributed by atoms with van der Waals surface area (Å²) in [4.78, 5) is 15.2. The Labute approximate surface area is 165 Å². The van der Waals surface area contributed by atoms with Crippen LogP contribution in [0.15, 0.2) is 72.8 Å². The van der Waals surface area contributed by atoms with Crippen molar-refractivity contribution in [3.8, 4) is 5.75 Å². The third kappa shape index (κ3) is 3.33. The summed E-state index contributed by atoms with van der Waals surface area (Å²) in [7, 11) is 0. The van der Waals surface area contributed by atoms with E-state index in [9.17, 15) is 4.79 Å². The lowest BCUT2D eigenvalue weighted by molar-refractivity contribution is 0.0975. The minimum Gasteiger partial charge on any atom is -0.494 e. The molecule has 142 valence electrons. The Hall–Kier alpha value is -3.27.